The Morgan fingerprint density at radius 3 is 2.50 bits per heavy atom. The molecular weight excluding hydrogens is 172 g/mol. The molecule has 0 bridgehead atoms. The van der Waals surface area contributed by atoms with Crippen LogP contribution in [0.2, 0.25) is 0 Å². The lowest BCUT2D eigenvalue weighted by atomic mass is 10.1. The summed E-state index contributed by atoms with van der Waals surface area (Å²) in [6.45, 7) is 2.20. The summed E-state index contributed by atoms with van der Waals surface area (Å²) in [7, 11) is 0. The number of allylic oxidation sites excluding steroid dienone is 2. The molecule has 0 saturated heterocycles. The Morgan fingerprint density at radius 1 is 1.14 bits per heavy atom. The van der Waals surface area contributed by atoms with Gasteiger partial charge in [-0.15, -0.1) is 0 Å². The minimum absolute atomic E-state index is 0.337. The number of benzene rings is 1. The SMILES string of the molecule is CCCC/C=C/Cc1ccc(O)cc1. The molecule has 0 saturated carbocycles. The molecule has 0 unspecified atom stereocenters. The third-order valence-electron chi connectivity index (χ3n) is 2.18. The van der Waals surface area contributed by atoms with Gasteiger partial charge in [0.05, 0.1) is 0 Å². The minimum atomic E-state index is 0.337. The zero-order valence-electron chi connectivity index (χ0n) is 8.74. The van der Waals surface area contributed by atoms with Gasteiger partial charge in [0.2, 0.25) is 0 Å². The van der Waals surface area contributed by atoms with Crippen LogP contribution in [0.5, 0.6) is 5.75 Å². The Labute approximate surface area is 86.1 Å². The van der Waals surface area contributed by atoms with E-state index in [-0.39, 0.29) is 0 Å². The van der Waals surface area contributed by atoms with Crippen LogP contribution in [0.3, 0.4) is 0 Å². The van der Waals surface area contributed by atoms with Gasteiger partial charge in [-0.1, -0.05) is 44.1 Å². The van der Waals surface area contributed by atoms with Crippen molar-refractivity contribution in [1.82, 2.24) is 0 Å². The molecule has 0 aliphatic carbocycles. The second-order valence-electron chi connectivity index (χ2n) is 3.48. The van der Waals surface area contributed by atoms with Gasteiger partial charge in [-0.2, -0.15) is 0 Å². The van der Waals surface area contributed by atoms with Crippen LogP contribution in [-0.2, 0) is 6.42 Å². The van der Waals surface area contributed by atoms with Gasteiger partial charge in [0, 0.05) is 0 Å². The fourth-order valence-corrected chi connectivity index (χ4v) is 1.29. The van der Waals surface area contributed by atoms with Gasteiger partial charge in [0.15, 0.2) is 0 Å². The molecule has 0 heterocycles. The van der Waals surface area contributed by atoms with Crippen molar-refractivity contribution < 1.29 is 5.11 Å². The van der Waals surface area contributed by atoms with E-state index >= 15 is 0 Å². The summed E-state index contributed by atoms with van der Waals surface area (Å²) >= 11 is 0. The van der Waals surface area contributed by atoms with Crippen LogP contribution < -0.4 is 0 Å². The number of rotatable bonds is 5. The number of phenolic OH excluding ortho intramolecular Hbond substituents is 1. The molecule has 0 spiro atoms. The van der Waals surface area contributed by atoms with E-state index < -0.39 is 0 Å². The quantitative estimate of drug-likeness (QED) is 0.554. The Hall–Kier alpha value is -1.24. The molecular formula is C13H18O. The highest BCUT2D eigenvalue weighted by atomic mass is 16.3. The zero-order chi connectivity index (χ0) is 10.2. The van der Waals surface area contributed by atoms with Crippen LogP contribution in [0, 0.1) is 0 Å². The van der Waals surface area contributed by atoms with Crippen molar-refractivity contribution in [3.63, 3.8) is 0 Å². The van der Waals surface area contributed by atoms with Crippen molar-refractivity contribution in [2.75, 3.05) is 0 Å². The normalized spacial score (nSPS) is 10.9. The van der Waals surface area contributed by atoms with Gasteiger partial charge in [0.25, 0.3) is 0 Å². The minimum Gasteiger partial charge on any atom is -0.508 e. The van der Waals surface area contributed by atoms with Gasteiger partial charge in [-0.05, 0) is 30.5 Å². The van der Waals surface area contributed by atoms with E-state index in [2.05, 4.69) is 19.1 Å². The molecule has 0 atom stereocenters. The van der Waals surface area contributed by atoms with Crippen LogP contribution in [0.25, 0.3) is 0 Å². The van der Waals surface area contributed by atoms with Crippen molar-refractivity contribution >= 4 is 0 Å². The van der Waals surface area contributed by atoms with Crippen LogP contribution in [-0.4, -0.2) is 5.11 Å². The summed E-state index contributed by atoms with van der Waals surface area (Å²) in [4.78, 5) is 0. The monoisotopic (exact) mass is 190 g/mol. The second-order valence-corrected chi connectivity index (χ2v) is 3.48. The first kappa shape index (κ1) is 10.8. The van der Waals surface area contributed by atoms with E-state index in [0.29, 0.717) is 5.75 Å². The summed E-state index contributed by atoms with van der Waals surface area (Å²) < 4.78 is 0. The fourth-order valence-electron chi connectivity index (χ4n) is 1.29. The first-order chi connectivity index (χ1) is 6.83. The number of aromatic hydroxyl groups is 1. The first-order valence-electron chi connectivity index (χ1n) is 5.26. The van der Waals surface area contributed by atoms with Crippen molar-refractivity contribution in [2.24, 2.45) is 0 Å². The van der Waals surface area contributed by atoms with Gasteiger partial charge < -0.3 is 5.11 Å². The molecule has 0 fully saturated rings. The number of hydrogen-bond acceptors (Lipinski definition) is 1. The Kier molecular flexibility index (Phi) is 4.84. The maximum Gasteiger partial charge on any atom is 0.115 e. The maximum absolute atomic E-state index is 9.08. The Morgan fingerprint density at radius 2 is 1.86 bits per heavy atom. The van der Waals surface area contributed by atoms with E-state index in [1.54, 1.807) is 12.1 Å². The van der Waals surface area contributed by atoms with Gasteiger partial charge in [-0.3, -0.25) is 0 Å². The van der Waals surface area contributed by atoms with Crippen molar-refractivity contribution in [3.8, 4) is 5.75 Å². The van der Waals surface area contributed by atoms with Gasteiger partial charge >= 0.3 is 0 Å². The van der Waals surface area contributed by atoms with E-state index in [1.807, 2.05) is 12.1 Å². The van der Waals surface area contributed by atoms with E-state index in [9.17, 15) is 0 Å². The van der Waals surface area contributed by atoms with E-state index in [1.165, 1.54) is 24.8 Å². The standard InChI is InChI=1S/C13H18O/c1-2-3-4-5-6-7-12-8-10-13(14)11-9-12/h5-6,8-11,14H,2-4,7H2,1H3/b6-5+. The summed E-state index contributed by atoms with van der Waals surface area (Å²) in [5.41, 5.74) is 1.25. The highest BCUT2D eigenvalue weighted by Crippen LogP contribution is 2.10. The molecule has 14 heavy (non-hydrogen) atoms. The Bertz CT molecular complexity index is 272. The molecule has 0 aromatic heterocycles. The molecule has 0 radical (unpaired) electrons. The second kappa shape index (κ2) is 6.25. The highest BCUT2D eigenvalue weighted by Gasteiger charge is 1.89. The predicted molar refractivity (Wildman–Crippen MR) is 60.5 cm³/mol. The number of hydrogen-bond donors (Lipinski definition) is 1. The average molecular weight is 190 g/mol. The third kappa shape index (κ3) is 4.13. The molecule has 0 aliphatic rings. The van der Waals surface area contributed by atoms with Crippen LogP contribution in [0.15, 0.2) is 36.4 Å². The third-order valence-corrected chi connectivity index (χ3v) is 2.18. The van der Waals surface area contributed by atoms with Gasteiger partial charge in [-0.25, -0.2) is 0 Å². The van der Waals surface area contributed by atoms with Crippen molar-refractivity contribution in [2.45, 2.75) is 32.6 Å². The number of unbranched alkanes of at least 4 members (excludes halogenated alkanes) is 2. The average Bonchev–Trinajstić information content (AvgIpc) is 2.21. The lowest BCUT2D eigenvalue weighted by molar-refractivity contribution is 0.475. The maximum atomic E-state index is 9.08. The lowest BCUT2D eigenvalue weighted by Gasteiger charge is -1.96. The van der Waals surface area contributed by atoms with E-state index in [4.69, 9.17) is 5.11 Å². The molecule has 1 rings (SSSR count). The molecule has 0 amide bonds. The molecule has 1 nitrogen and oxygen atoms in total. The highest BCUT2D eigenvalue weighted by molar-refractivity contribution is 5.27. The van der Waals surface area contributed by atoms with E-state index in [0.717, 1.165) is 6.42 Å². The predicted octanol–water partition coefficient (Wildman–Crippen LogP) is 3.68. The lowest BCUT2D eigenvalue weighted by Crippen LogP contribution is -1.79. The summed E-state index contributed by atoms with van der Waals surface area (Å²) in [5.74, 6) is 0.337. The van der Waals surface area contributed by atoms with Crippen molar-refractivity contribution in [3.05, 3.63) is 42.0 Å². The van der Waals surface area contributed by atoms with Crippen LogP contribution in [0.4, 0.5) is 0 Å². The zero-order valence-corrected chi connectivity index (χ0v) is 8.74. The Balaban J connectivity index is 2.30. The fraction of sp³-hybridized carbons (Fsp3) is 0.385. The first-order valence-corrected chi connectivity index (χ1v) is 5.26. The molecule has 1 N–H and O–H groups in total. The number of phenols is 1. The molecule has 76 valence electrons. The van der Waals surface area contributed by atoms with Crippen molar-refractivity contribution in [1.29, 1.82) is 0 Å². The topological polar surface area (TPSA) is 20.2 Å². The molecule has 0 aliphatic heterocycles. The van der Waals surface area contributed by atoms with Crippen LogP contribution in [0.1, 0.15) is 31.7 Å². The summed E-state index contributed by atoms with van der Waals surface area (Å²) in [6.07, 6.45) is 9.09. The largest absolute Gasteiger partial charge is 0.508 e. The molecule has 1 aromatic carbocycles. The summed E-state index contributed by atoms with van der Waals surface area (Å²) in [6, 6.07) is 7.38. The van der Waals surface area contributed by atoms with Gasteiger partial charge in [0.1, 0.15) is 5.75 Å². The molecule has 1 heteroatoms. The smallest absolute Gasteiger partial charge is 0.115 e. The molecule has 1 aromatic rings. The summed E-state index contributed by atoms with van der Waals surface area (Å²) in [5, 5.41) is 9.08. The van der Waals surface area contributed by atoms with Crippen LogP contribution >= 0.6 is 0 Å².